The monoisotopic (exact) mass is 272 g/mol. The highest BCUT2D eigenvalue weighted by molar-refractivity contribution is 6.02. The van der Waals surface area contributed by atoms with E-state index in [1.807, 2.05) is 54.6 Å². The Morgan fingerprint density at radius 3 is 2.29 bits per heavy atom. The highest BCUT2D eigenvalue weighted by Crippen LogP contribution is 2.26. The van der Waals surface area contributed by atoms with Gasteiger partial charge in [0.25, 0.3) is 0 Å². The molecule has 100 valence electrons. The average Bonchev–Trinajstić information content (AvgIpc) is 2.56. The van der Waals surface area contributed by atoms with Crippen LogP contribution in [-0.4, -0.2) is 9.97 Å². The van der Waals surface area contributed by atoms with Crippen molar-refractivity contribution in [3.05, 3.63) is 72.9 Å². The van der Waals surface area contributed by atoms with Crippen molar-refractivity contribution in [1.82, 2.24) is 9.97 Å². The van der Waals surface area contributed by atoms with Gasteiger partial charge in [-0.2, -0.15) is 0 Å². The van der Waals surface area contributed by atoms with Crippen LogP contribution >= 0.6 is 0 Å². The maximum Gasteiger partial charge on any atom is 0.219 e. The van der Waals surface area contributed by atoms with Gasteiger partial charge in [-0.1, -0.05) is 36.4 Å². The van der Waals surface area contributed by atoms with E-state index in [0.717, 1.165) is 27.6 Å². The van der Waals surface area contributed by atoms with Crippen LogP contribution in [0.15, 0.2) is 72.9 Å². The number of para-hydroxylation sites is 1. The van der Waals surface area contributed by atoms with E-state index < -0.39 is 0 Å². The summed E-state index contributed by atoms with van der Waals surface area (Å²) in [5.41, 5.74) is 1.76. The largest absolute Gasteiger partial charge is 0.439 e. The van der Waals surface area contributed by atoms with Gasteiger partial charge in [-0.05, 0) is 24.3 Å². The molecule has 0 bridgehead atoms. The van der Waals surface area contributed by atoms with Gasteiger partial charge in [0.15, 0.2) is 0 Å². The van der Waals surface area contributed by atoms with Crippen LogP contribution in [0.1, 0.15) is 0 Å². The zero-order chi connectivity index (χ0) is 14.1. The van der Waals surface area contributed by atoms with Crippen LogP contribution in [0.4, 0.5) is 0 Å². The van der Waals surface area contributed by atoms with Crippen LogP contribution < -0.4 is 4.74 Å². The molecule has 21 heavy (non-hydrogen) atoms. The van der Waals surface area contributed by atoms with Crippen molar-refractivity contribution in [3.8, 4) is 11.6 Å². The minimum atomic E-state index is 0.576. The van der Waals surface area contributed by atoms with Gasteiger partial charge >= 0.3 is 0 Å². The molecule has 0 spiro atoms. The Hall–Kier alpha value is -2.94. The molecule has 2 aromatic carbocycles. The second-order valence-corrected chi connectivity index (χ2v) is 4.78. The first-order chi connectivity index (χ1) is 10.4. The molecule has 0 aliphatic rings. The summed E-state index contributed by atoms with van der Waals surface area (Å²) in [7, 11) is 0. The van der Waals surface area contributed by atoms with E-state index >= 15 is 0 Å². The summed E-state index contributed by atoms with van der Waals surface area (Å²) >= 11 is 0. The first-order valence-electron chi connectivity index (χ1n) is 6.77. The molecule has 2 aromatic heterocycles. The highest BCUT2D eigenvalue weighted by atomic mass is 16.5. The molecule has 0 N–H and O–H groups in total. The van der Waals surface area contributed by atoms with Gasteiger partial charge in [0.2, 0.25) is 5.88 Å². The Balaban J connectivity index is 1.86. The average molecular weight is 272 g/mol. The van der Waals surface area contributed by atoms with E-state index in [2.05, 4.69) is 22.1 Å². The lowest BCUT2D eigenvalue weighted by atomic mass is 10.1. The third-order valence-corrected chi connectivity index (χ3v) is 3.37. The zero-order valence-electron chi connectivity index (χ0n) is 11.2. The fraction of sp³-hybridized carbons (Fsp3) is 0. The number of benzene rings is 2. The molecule has 0 aliphatic carbocycles. The Morgan fingerprint density at radius 2 is 1.43 bits per heavy atom. The second-order valence-electron chi connectivity index (χ2n) is 4.78. The summed E-state index contributed by atoms with van der Waals surface area (Å²) in [5, 5.41) is 2.14. The van der Waals surface area contributed by atoms with Crippen LogP contribution in [0.25, 0.3) is 21.8 Å². The predicted octanol–water partition coefficient (Wildman–Crippen LogP) is 4.58. The molecule has 0 amide bonds. The maximum absolute atomic E-state index is 5.80. The Bertz CT molecular complexity index is 920. The summed E-state index contributed by atoms with van der Waals surface area (Å²) < 4.78 is 5.80. The third kappa shape index (κ3) is 2.19. The van der Waals surface area contributed by atoms with Crippen LogP contribution in [0.2, 0.25) is 0 Å². The molecule has 0 fully saturated rings. The molecule has 0 aliphatic heterocycles. The third-order valence-electron chi connectivity index (χ3n) is 3.37. The first kappa shape index (κ1) is 11.9. The number of fused-ring (bicyclic) bond motifs is 3. The van der Waals surface area contributed by atoms with Crippen molar-refractivity contribution in [3.63, 3.8) is 0 Å². The number of pyridine rings is 2. The van der Waals surface area contributed by atoms with Crippen LogP contribution in [0.3, 0.4) is 0 Å². The minimum Gasteiger partial charge on any atom is -0.439 e. The van der Waals surface area contributed by atoms with E-state index in [1.54, 1.807) is 6.20 Å². The van der Waals surface area contributed by atoms with E-state index in [9.17, 15) is 0 Å². The number of rotatable bonds is 2. The molecule has 2 heterocycles. The fourth-order valence-electron chi connectivity index (χ4n) is 2.37. The topological polar surface area (TPSA) is 35.0 Å². The molecule has 0 saturated carbocycles. The smallest absolute Gasteiger partial charge is 0.219 e. The molecule has 4 rings (SSSR count). The van der Waals surface area contributed by atoms with Gasteiger partial charge in [0, 0.05) is 23.0 Å². The van der Waals surface area contributed by atoms with Crippen molar-refractivity contribution in [2.24, 2.45) is 0 Å². The number of aromatic nitrogens is 2. The van der Waals surface area contributed by atoms with Gasteiger partial charge in [0.05, 0.1) is 5.52 Å². The van der Waals surface area contributed by atoms with E-state index in [1.165, 1.54) is 0 Å². The van der Waals surface area contributed by atoms with Gasteiger partial charge in [-0.15, -0.1) is 0 Å². The number of nitrogens with zero attached hydrogens (tertiary/aromatic N) is 2. The predicted molar refractivity (Wildman–Crippen MR) is 83.6 cm³/mol. The summed E-state index contributed by atoms with van der Waals surface area (Å²) in [4.78, 5) is 9.05. The highest BCUT2D eigenvalue weighted by Gasteiger charge is 2.05. The molecular formula is C18H12N2O. The number of ether oxygens (including phenoxy) is 1. The van der Waals surface area contributed by atoms with E-state index in [4.69, 9.17) is 4.74 Å². The lowest BCUT2D eigenvalue weighted by molar-refractivity contribution is 0.465. The fourth-order valence-corrected chi connectivity index (χ4v) is 2.37. The molecular weight excluding hydrogens is 260 g/mol. The van der Waals surface area contributed by atoms with Gasteiger partial charge in [0.1, 0.15) is 11.3 Å². The lowest BCUT2D eigenvalue weighted by Crippen LogP contribution is -1.90. The summed E-state index contributed by atoms with van der Waals surface area (Å²) in [6.07, 6.45) is 1.79. The van der Waals surface area contributed by atoms with Crippen molar-refractivity contribution < 1.29 is 4.74 Å². The molecule has 0 radical (unpaired) electrons. The van der Waals surface area contributed by atoms with E-state index in [0.29, 0.717) is 5.88 Å². The summed E-state index contributed by atoms with van der Waals surface area (Å²) in [6.45, 7) is 0. The van der Waals surface area contributed by atoms with Gasteiger partial charge < -0.3 is 4.74 Å². The molecule has 0 unspecified atom stereocenters. The second kappa shape index (κ2) is 4.87. The Labute approximate surface area is 121 Å². The summed E-state index contributed by atoms with van der Waals surface area (Å²) in [5.74, 6) is 1.35. The van der Waals surface area contributed by atoms with Gasteiger partial charge in [-0.25, -0.2) is 4.98 Å². The zero-order valence-corrected chi connectivity index (χ0v) is 11.2. The van der Waals surface area contributed by atoms with Crippen molar-refractivity contribution in [2.75, 3.05) is 0 Å². The van der Waals surface area contributed by atoms with Crippen LogP contribution in [-0.2, 0) is 0 Å². The van der Waals surface area contributed by atoms with Crippen molar-refractivity contribution in [1.29, 1.82) is 0 Å². The maximum atomic E-state index is 5.80. The minimum absolute atomic E-state index is 0.576. The quantitative estimate of drug-likeness (QED) is 0.501. The summed E-state index contributed by atoms with van der Waals surface area (Å²) in [6, 6.07) is 21.6. The van der Waals surface area contributed by atoms with Crippen LogP contribution in [0, 0.1) is 0 Å². The van der Waals surface area contributed by atoms with E-state index in [-0.39, 0.29) is 0 Å². The molecule has 0 atom stereocenters. The van der Waals surface area contributed by atoms with Crippen molar-refractivity contribution >= 4 is 21.8 Å². The standard InChI is InChI=1S/C18H12N2O/c1-2-6-15(7-3-1)21-16-11-10-14-9-8-13-5-4-12-19-17(13)18(14)20-16/h1-12H. The SMILES string of the molecule is c1ccc(Oc2ccc3ccc4cccnc4c3n2)cc1. The lowest BCUT2D eigenvalue weighted by Gasteiger charge is -2.07. The first-order valence-corrected chi connectivity index (χ1v) is 6.77. The molecule has 0 saturated heterocycles. The molecule has 3 nitrogen and oxygen atoms in total. The molecule has 3 heteroatoms. The van der Waals surface area contributed by atoms with Crippen LogP contribution in [0.5, 0.6) is 11.6 Å². The molecule has 4 aromatic rings. The Kier molecular flexibility index (Phi) is 2.75. The van der Waals surface area contributed by atoms with Gasteiger partial charge in [-0.3, -0.25) is 4.98 Å². The number of hydrogen-bond donors (Lipinski definition) is 0. The normalized spacial score (nSPS) is 10.9. The number of hydrogen-bond acceptors (Lipinski definition) is 3. The Morgan fingerprint density at radius 1 is 0.667 bits per heavy atom. The van der Waals surface area contributed by atoms with Crippen molar-refractivity contribution in [2.45, 2.75) is 0 Å².